The van der Waals surface area contributed by atoms with Gasteiger partial charge in [0.2, 0.25) is 0 Å². The Morgan fingerprint density at radius 2 is 1.45 bits per heavy atom. The average Bonchev–Trinajstić information content (AvgIpc) is 3.11. The number of benzene rings is 3. The third-order valence-electron chi connectivity index (χ3n) is 5.86. The van der Waals surface area contributed by atoms with E-state index in [2.05, 4.69) is 17.4 Å². The Morgan fingerprint density at radius 1 is 0.903 bits per heavy atom. The van der Waals surface area contributed by atoms with E-state index in [4.69, 9.17) is 4.74 Å². The maximum absolute atomic E-state index is 12.5. The third-order valence-corrected chi connectivity index (χ3v) is 5.86. The van der Waals surface area contributed by atoms with Crippen LogP contribution in [0.2, 0.25) is 0 Å². The highest BCUT2D eigenvalue weighted by atomic mass is 16.5. The number of hydrogen-bond donors (Lipinski definition) is 2. The summed E-state index contributed by atoms with van der Waals surface area (Å²) >= 11 is 0. The van der Waals surface area contributed by atoms with E-state index in [0.717, 1.165) is 39.8 Å². The maximum atomic E-state index is 12.5. The highest BCUT2D eigenvalue weighted by Crippen LogP contribution is 2.44. The van der Waals surface area contributed by atoms with E-state index < -0.39 is 18.1 Å². The number of fused-ring (bicyclic) bond motifs is 3. The Labute approximate surface area is 181 Å². The number of carboxylic acids is 1. The minimum absolute atomic E-state index is 0.0674. The van der Waals surface area contributed by atoms with Crippen molar-refractivity contribution in [1.82, 2.24) is 5.32 Å². The van der Waals surface area contributed by atoms with Crippen LogP contribution in [0.25, 0.3) is 11.1 Å². The summed E-state index contributed by atoms with van der Waals surface area (Å²) < 4.78 is 5.50. The second kappa shape index (κ2) is 9.04. The normalized spacial score (nSPS) is 13.2. The highest BCUT2D eigenvalue weighted by Gasteiger charge is 2.29. The number of alkyl carbamates (subject to hydrolysis) is 1. The number of carbonyl (C=O) groups is 2. The number of rotatable bonds is 7. The van der Waals surface area contributed by atoms with Gasteiger partial charge in [-0.2, -0.15) is 0 Å². The van der Waals surface area contributed by atoms with E-state index in [1.54, 1.807) is 0 Å². The topological polar surface area (TPSA) is 75.6 Å². The number of ether oxygens (including phenoxy) is 1. The fourth-order valence-corrected chi connectivity index (χ4v) is 4.30. The van der Waals surface area contributed by atoms with Crippen molar-refractivity contribution in [2.75, 3.05) is 6.61 Å². The summed E-state index contributed by atoms with van der Waals surface area (Å²) in [5.74, 6) is -1.15. The lowest BCUT2D eigenvalue weighted by atomic mass is 9.98. The Bertz CT molecular complexity index is 1060. The number of aryl methyl sites for hydroxylation is 1. The molecule has 0 radical (unpaired) electrons. The first-order chi connectivity index (χ1) is 15.1. The summed E-state index contributed by atoms with van der Waals surface area (Å²) in [7, 11) is 0. The molecule has 3 aromatic carbocycles. The number of aliphatic carboxylic acids is 1. The van der Waals surface area contributed by atoms with Crippen LogP contribution in [-0.4, -0.2) is 29.8 Å². The van der Waals surface area contributed by atoms with Gasteiger partial charge in [0.25, 0.3) is 0 Å². The monoisotopic (exact) mass is 415 g/mol. The molecule has 3 aromatic rings. The van der Waals surface area contributed by atoms with E-state index in [1.165, 1.54) is 0 Å². The van der Waals surface area contributed by atoms with Crippen molar-refractivity contribution in [2.24, 2.45) is 0 Å². The number of carboxylic acid groups (broad SMARTS) is 1. The zero-order valence-corrected chi connectivity index (χ0v) is 17.4. The lowest BCUT2D eigenvalue weighted by Crippen LogP contribution is -2.43. The third kappa shape index (κ3) is 4.31. The number of carbonyl (C=O) groups excluding carboxylic acids is 1. The van der Waals surface area contributed by atoms with Gasteiger partial charge >= 0.3 is 12.1 Å². The van der Waals surface area contributed by atoms with E-state index >= 15 is 0 Å². The van der Waals surface area contributed by atoms with Crippen LogP contribution < -0.4 is 5.32 Å². The number of nitrogens with one attached hydrogen (secondary N) is 1. The van der Waals surface area contributed by atoms with Crippen molar-refractivity contribution in [3.05, 3.63) is 95.1 Å². The first-order valence-corrected chi connectivity index (χ1v) is 10.5. The molecule has 0 aliphatic heterocycles. The highest BCUT2D eigenvalue weighted by molar-refractivity contribution is 5.81. The molecule has 4 rings (SSSR count). The van der Waals surface area contributed by atoms with Gasteiger partial charge in [0.15, 0.2) is 0 Å². The molecule has 31 heavy (non-hydrogen) atoms. The number of amides is 1. The summed E-state index contributed by atoms with van der Waals surface area (Å²) in [6.45, 7) is 2.17. The predicted octanol–water partition coefficient (Wildman–Crippen LogP) is 4.78. The summed E-state index contributed by atoms with van der Waals surface area (Å²) in [6, 6.07) is 22.8. The fraction of sp³-hybridized carbons (Fsp3) is 0.231. The standard InChI is InChI=1S/C26H25NO4/c1-2-17-9-3-4-10-18(17)15-24(25(28)29)27-26(30)31-16-23-21-13-7-5-11-19(21)20-12-6-8-14-22(20)23/h3-14,23-24H,2,15-16H2,1H3,(H,27,30)(H,28,29)/t24-/m1/s1. The predicted molar refractivity (Wildman–Crippen MR) is 119 cm³/mol. The molecule has 1 atom stereocenters. The smallest absolute Gasteiger partial charge is 0.407 e. The summed E-state index contributed by atoms with van der Waals surface area (Å²) in [5, 5.41) is 12.1. The molecular formula is C26H25NO4. The summed E-state index contributed by atoms with van der Waals surface area (Å²) in [5.41, 5.74) is 6.50. The van der Waals surface area contributed by atoms with E-state index in [1.807, 2.05) is 67.6 Å². The summed E-state index contributed by atoms with van der Waals surface area (Å²) in [4.78, 5) is 24.2. The van der Waals surface area contributed by atoms with E-state index in [-0.39, 0.29) is 18.9 Å². The van der Waals surface area contributed by atoms with Gasteiger partial charge in [-0.25, -0.2) is 9.59 Å². The van der Waals surface area contributed by atoms with E-state index in [9.17, 15) is 14.7 Å². The minimum atomic E-state index is -1.08. The molecule has 2 N–H and O–H groups in total. The van der Waals surface area contributed by atoms with Crippen molar-refractivity contribution in [3.8, 4) is 11.1 Å². The molecule has 5 nitrogen and oxygen atoms in total. The quantitative estimate of drug-likeness (QED) is 0.582. The van der Waals surface area contributed by atoms with Gasteiger partial charge in [-0.1, -0.05) is 79.7 Å². The molecule has 1 amide bonds. The van der Waals surface area contributed by atoms with Gasteiger partial charge in [0.05, 0.1) is 0 Å². The van der Waals surface area contributed by atoms with E-state index in [0.29, 0.717) is 0 Å². The SMILES string of the molecule is CCc1ccccc1C[C@@H](NC(=O)OCC1c2ccccc2-c2ccccc21)C(=O)O. The maximum Gasteiger partial charge on any atom is 0.407 e. The van der Waals surface area contributed by atoms with Crippen LogP contribution in [0.1, 0.15) is 35.1 Å². The Morgan fingerprint density at radius 3 is 2.03 bits per heavy atom. The van der Waals surface area contributed by atoms with Crippen molar-refractivity contribution in [2.45, 2.75) is 31.7 Å². The largest absolute Gasteiger partial charge is 0.480 e. The van der Waals surface area contributed by atoms with Crippen LogP contribution in [0.15, 0.2) is 72.8 Å². The molecule has 0 saturated heterocycles. The molecule has 1 aliphatic rings. The van der Waals surface area contributed by atoms with Crippen LogP contribution in [0.4, 0.5) is 4.79 Å². The van der Waals surface area contributed by atoms with Crippen LogP contribution >= 0.6 is 0 Å². The molecule has 0 spiro atoms. The van der Waals surface area contributed by atoms with Crippen molar-refractivity contribution < 1.29 is 19.4 Å². The van der Waals surface area contributed by atoms with Crippen molar-refractivity contribution >= 4 is 12.1 Å². The van der Waals surface area contributed by atoms with Crippen molar-refractivity contribution in [1.29, 1.82) is 0 Å². The zero-order chi connectivity index (χ0) is 21.8. The molecule has 1 aliphatic carbocycles. The van der Waals surface area contributed by atoms with Crippen molar-refractivity contribution in [3.63, 3.8) is 0 Å². The second-order valence-electron chi connectivity index (χ2n) is 7.69. The summed E-state index contributed by atoms with van der Waals surface area (Å²) in [6.07, 6.45) is 0.292. The zero-order valence-electron chi connectivity index (χ0n) is 17.4. The van der Waals surface area contributed by atoms with Crippen LogP contribution in [0.5, 0.6) is 0 Å². The first kappa shape index (κ1) is 20.7. The Hall–Kier alpha value is -3.60. The van der Waals surface area contributed by atoms with Gasteiger partial charge in [-0.15, -0.1) is 0 Å². The van der Waals surface area contributed by atoms with Crippen LogP contribution in [-0.2, 0) is 22.4 Å². The molecule has 0 unspecified atom stereocenters. The lowest BCUT2D eigenvalue weighted by molar-refractivity contribution is -0.139. The Balaban J connectivity index is 1.44. The van der Waals surface area contributed by atoms with Crippen LogP contribution in [0.3, 0.4) is 0 Å². The molecule has 0 saturated carbocycles. The molecular weight excluding hydrogens is 390 g/mol. The van der Waals surface area contributed by atoms with Gasteiger partial charge in [0.1, 0.15) is 12.6 Å². The first-order valence-electron chi connectivity index (χ1n) is 10.5. The Kier molecular flexibility index (Phi) is 6.03. The van der Waals surface area contributed by atoms with Gasteiger partial charge in [0, 0.05) is 12.3 Å². The molecule has 0 bridgehead atoms. The molecule has 0 aromatic heterocycles. The average molecular weight is 415 g/mol. The molecule has 0 fully saturated rings. The molecule has 0 heterocycles. The van der Waals surface area contributed by atoms with Crippen LogP contribution in [0, 0.1) is 0 Å². The van der Waals surface area contributed by atoms with Gasteiger partial charge in [-0.05, 0) is 39.8 Å². The number of hydrogen-bond acceptors (Lipinski definition) is 3. The second-order valence-corrected chi connectivity index (χ2v) is 7.69. The molecule has 158 valence electrons. The minimum Gasteiger partial charge on any atom is -0.480 e. The molecule has 5 heteroatoms. The fourth-order valence-electron chi connectivity index (χ4n) is 4.30. The lowest BCUT2D eigenvalue weighted by Gasteiger charge is -2.18. The van der Waals surface area contributed by atoms with Gasteiger partial charge < -0.3 is 15.2 Å². The van der Waals surface area contributed by atoms with Gasteiger partial charge in [-0.3, -0.25) is 0 Å².